The van der Waals surface area contributed by atoms with Crippen LogP contribution >= 0.6 is 0 Å². The second kappa shape index (κ2) is 1.85. The SMILES string of the molecule is [H+].c1ccc2c(c1)COC2. The van der Waals surface area contributed by atoms with Crippen molar-refractivity contribution in [2.45, 2.75) is 13.2 Å². The van der Waals surface area contributed by atoms with Gasteiger partial charge in [-0.25, -0.2) is 0 Å². The average molecular weight is 121 g/mol. The lowest BCUT2D eigenvalue weighted by Gasteiger charge is -1.90. The van der Waals surface area contributed by atoms with Crippen LogP contribution in [0.3, 0.4) is 0 Å². The van der Waals surface area contributed by atoms with Gasteiger partial charge in [-0.05, 0) is 11.1 Å². The van der Waals surface area contributed by atoms with Gasteiger partial charge >= 0.3 is 1.43 Å². The van der Waals surface area contributed by atoms with Crippen LogP contribution in [0.2, 0.25) is 0 Å². The monoisotopic (exact) mass is 121 g/mol. The zero-order valence-electron chi connectivity index (χ0n) is 6.13. The highest BCUT2D eigenvalue weighted by Crippen LogP contribution is 2.17. The van der Waals surface area contributed by atoms with Crippen LogP contribution in [0.4, 0.5) is 0 Å². The second-order valence-electron chi connectivity index (χ2n) is 2.26. The Morgan fingerprint density at radius 1 is 1.11 bits per heavy atom. The van der Waals surface area contributed by atoms with E-state index in [1.807, 2.05) is 12.1 Å². The van der Waals surface area contributed by atoms with Crippen LogP contribution in [-0.2, 0) is 18.0 Å². The quantitative estimate of drug-likeness (QED) is 0.508. The van der Waals surface area contributed by atoms with E-state index in [9.17, 15) is 0 Å². The van der Waals surface area contributed by atoms with Crippen LogP contribution in [0.15, 0.2) is 24.3 Å². The third-order valence-corrected chi connectivity index (χ3v) is 1.63. The summed E-state index contributed by atoms with van der Waals surface area (Å²) in [6.07, 6.45) is 0. The van der Waals surface area contributed by atoms with Crippen molar-refractivity contribution in [2.24, 2.45) is 0 Å². The molecule has 1 heteroatoms. The Morgan fingerprint density at radius 2 is 1.67 bits per heavy atom. The van der Waals surface area contributed by atoms with Gasteiger partial charge in [-0.1, -0.05) is 24.3 Å². The molecule has 0 saturated heterocycles. The zero-order chi connectivity index (χ0) is 6.10. The van der Waals surface area contributed by atoms with E-state index in [0.29, 0.717) is 0 Å². The summed E-state index contributed by atoms with van der Waals surface area (Å²) in [4.78, 5) is 0. The van der Waals surface area contributed by atoms with Gasteiger partial charge in [-0.3, -0.25) is 0 Å². The van der Waals surface area contributed by atoms with Gasteiger partial charge in [-0.2, -0.15) is 0 Å². The Hall–Kier alpha value is -0.820. The molecule has 0 aromatic heterocycles. The smallest absolute Gasteiger partial charge is 0.372 e. The van der Waals surface area contributed by atoms with Crippen molar-refractivity contribution in [1.82, 2.24) is 0 Å². The second-order valence-corrected chi connectivity index (χ2v) is 2.26. The van der Waals surface area contributed by atoms with E-state index in [-0.39, 0.29) is 1.43 Å². The minimum Gasteiger partial charge on any atom is -0.372 e. The highest BCUT2D eigenvalue weighted by atomic mass is 16.5. The molecule has 1 aliphatic heterocycles. The molecule has 0 N–H and O–H groups in total. The molecule has 0 spiro atoms. The fourth-order valence-electron chi connectivity index (χ4n) is 1.11. The predicted molar refractivity (Wildman–Crippen MR) is 36.0 cm³/mol. The molecule has 1 nitrogen and oxygen atoms in total. The summed E-state index contributed by atoms with van der Waals surface area (Å²) in [5.74, 6) is 0. The maximum Gasteiger partial charge on any atom is 1.00 e. The molecule has 1 aromatic carbocycles. The normalized spacial score (nSPS) is 15.6. The van der Waals surface area contributed by atoms with Gasteiger partial charge < -0.3 is 4.74 Å². The first kappa shape index (κ1) is 5.00. The average Bonchev–Trinajstić information content (AvgIpc) is 2.33. The Kier molecular flexibility index (Phi) is 1.03. The van der Waals surface area contributed by atoms with E-state index in [1.54, 1.807) is 0 Å². The van der Waals surface area contributed by atoms with Crippen molar-refractivity contribution in [1.29, 1.82) is 0 Å². The van der Waals surface area contributed by atoms with E-state index in [4.69, 9.17) is 4.74 Å². The summed E-state index contributed by atoms with van der Waals surface area (Å²) in [5.41, 5.74) is 2.69. The van der Waals surface area contributed by atoms with Gasteiger partial charge in [0.1, 0.15) is 0 Å². The Morgan fingerprint density at radius 3 is 2.22 bits per heavy atom. The fraction of sp³-hybridized carbons (Fsp3) is 0.250. The number of hydrogen-bond donors (Lipinski definition) is 0. The lowest BCUT2D eigenvalue weighted by molar-refractivity contribution is 0.134. The fourth-order valence-corrected chi connectivity index (χ4v) is 1.11. The van der Waals surface area contributed by atoms with Crippen molar-refractivity contribution >= 4 is 0 Å². The van der Waals surface area contributed by atoms with Gasteiger partial charge in [0.15, 0.2) is 0 Å². The molecule has 1 aromatic rings. The van der Waals surface area contributed by atoms with E-state index >= 15 is 0 Å². The molecule has 9 heavy (non-hydrogen) atoms. The zero-order valence-corrected chi connectivity index (χ0v) is 5.13. The molecular weight excluding hydrogens is 112 g/mol. The van der Waals surface area contributed by atoms with Crippen molar-refractivity contribution in [2.75, 3.05) is 0 Å². The molecule has 0 fully saturated rings. The molecule has 1 heterocycles. The number of fused-ring (bicyclic) bond motifs is 1. The van der Waals surface area contributed by atoms with E-state index < -0.39 is 0 Å². The molecule has 1 aliphatic rings. The Bertz CT molecular complexity index is 199. The van der Waals surface area contributed by atoms with Gasteiger partial charge in [0, 0.05) is 0 Å². The predicted octanol–water partition coefficient (Wildman–Crippen LogP) is 1.83. The van der Waals surface area contributed by atoms with Crippen LogP contribution in [-0.4, -0.2) is 0 Å². The number of benzene rings is 1. The number of hydrogen-bond acceptors (Lipinski definition) is 1. The van der Waals surface area contributed by atoms with E-state index in [1.165, 1.54) is 11.1 Å². The molecule has 0 atom stereocenters. The minimum atomic E-state index is 0. The highest BCUT2D eigenvalue weighted by Gasteiger charge is 2.07. The van der Waals surface area contributed by atoms with Crippen molar-refractivity contribution in [3.63, 3.8) is 0 Å². The first-order chi connectivity index (χ1) is 4.47. The molecule has 0 amide bonds. The van der Waals surface area contributed by atoms with Crippen molar-refractivity contribution < 1.29 is 6.16 Å². The summed E-state index contributed by atoms with van der Waals surface area (Å²) in [5, 5.41) is 0. The molecule has 0 aliphatic carbocycles. The van der Waals surface area contributed by atoms with Gasteiger partial charge in [0.25, 0.3) is 0 Å². The van der Waals surface area contributed by atoms with Crippen LogP contribution in [0, 0.1) is 0 Å². The van der Waals surface area contributed by atoms with E-state index in [2.05, 4.69) is 12.1 Å². The van der Waals surface area contributed by atoms with Crippen molar-refractivity contribution in [3.05, 3.63) is 35.4 Å². The molecule has 0 unspecified atom stereocenters. The van der Waals surface area contributed by atoms with Crippen LogP contribution in [0.5, 0.6) is 0 Å². The molecule has 2 rings (SSSR count). The molecule has 0 saturated carbocycles. The third kappa shape index (κ3) is 0.736. The lowest BCUT2D eigenvalue weighted by atomic mass is 10.1. The summed E-state index contributed by atoms with van der Waals surface area (Å²) >= 11 is 0. The summed E-state index contributed by atoms with van der Waals surface area (Å²) in [6.45, 7) is 1.60. The lowest BCUT2D eigenvalue weighted by Crippen LogP contribution is -1.77. The summed E-state index contributed by atoms with van der Waals surface area (Å²) in [6, 6.07) is 8.33. The van der Waals surface area contributed by atoms with Crippen LogP contribution < -0.4 is 0 Å². The number of rotatable bonds is 0. The first-order valence-electron chi connectivity index (χ1n) is 3.11. The molecular formula is C8H9O+. The molecule has 46 valence electrons. The first-order valence-corrected chi connectivity index (χ1v) is 3.11. The van der Waals surface area contributed by atoms with Gasteiger partial charge in [0.05, 0.1) is 13.2 Å². The maximum absolute atomic E-state index is 5.21. The minimum absolute atomic E-state index is 0. The van der Waals surface area contributed by atoms with Gasteiger partial charge in [0.2, 0.25) is 0 Å². The van der Waals surface area contributed by atoms with E-state index in [0.717, 1.165) is 13.2 Å². The standard InChI is InChI=1S/C8H8O/c1-2-4-8-6-9-5-7(8)3-1/h1-4H,5-6H2/p+1. The topological polar surface area (TPSA) is 9.23 Å². The van der Waals surface area contributed by atoms with Crippen molar-refractivity contribution in [3.8, 4) is 0 Å². The maximum atomic E-state index is 5.21. The van der Waals surface area contributed by atoms with Crippen LogP contribution in [0.25, 0.3) is 0 Å². The third-order valence-electron chi connectivity index (χ3n) is 1.63. The molecule has 0 bridgehead atoms. The number of ether oxygens (including phenoxy) is 1. The van der Waals surface area contributed by atoms with Gasteiger partial charge in [-0.15, -0.1) is 0 Å². The molecule has 0 radical (unpaired) electrons. The highest BCUT2D eigenvalue weighted by molar-refractivity contribution is 5.27. The van der Waals surface area contributed by atoms with Crippen LogP contribution in [0.1, 0.15) is 12.6 Å². The summed E-state index contributed by atoms with van der Waals surface area (Å²) in [7, 11) is 0. The Balaban J connectivity index is 0.000000500. The summed E-state index contributed by atoms with van der Waals surface area (Å²) < 4.78 is 5.21. The largest absolute Gasteiger partial charge is 1.00 e. The Labute approximate surface area is 55.8 Å².